The summed E-state index contributed by atoms with van der Waals surface area (Å²) in [5.41, 5.74) is 4.18. The zero-order valence-electron chi connectivity index (χ0n) is 14.4. The SMILES string of the molecule is Cc1cccc2nc(CNC(=O)[C@@H]3CCN3Cc3ccccc3)cn12. The number of amides is 1. The summed E-state index contributed by atoms with van der Waals surface area (Å²) in [5.74, 6) is 0.0935. The van der Waals surface area contributed by atoms with Crippen LogP contribution in [-0.4, -0.2) is 32.8 Å². The lowest BCUT2D eigenvalue weighted by Crippen LogP contribution is -2.55. The Morgan fingerprint density at radius 3 is 2.76 bits per heavy atom. The van der Waals surface area contributed by atoms with Crippen LogP contribution in [0.1, 0.15) is 23.4 Å². The predicted octanol–water partition coefficient (Wildman–Crippen LogP) is 2.53. The van der Waals surface area contributed by atoms with Crippen LogP contribution in [0.5, 0.6) is 0 Å². The molecule has 5 heteroatoms. The topological polar surface area (TPSA) is 49.6 Å². The fourth-order valence-corrected chi connectivity index (χ4v) is 3.32. The molecule has 1 atom stereocenters. The molecule has 4 rings (SSSR count). The number of fused-ring (bicyclic) bond motifs is 1. The summed E-state index contributed by atoms with van der Waals surface area (Å²) in [6.07, 6.45) is 2.91. The molecular formula is C20H22N4O. The number of pyridine rings is 1. The quantitative estimate of drug-likeness (QED) is 0.780. The van der Waals surface area contributed by atoms with Gasteiger partial charge in [-0.1, -0.05) is 36.4 Å². The van der Waals surface area contributed by atoms with Crippen LogP contribution in [0, 0.1) is 6.92 Å². The summed E-state index contributed by atoms with van der Waals surface area (Å²) >= 11 is 0. The van der Waals surface area contributed by atoms with Gasteiger partial charge in [-0.05, 0) is 31.0 Å². The molecule has 0 unspecified atom stereocenters. The first-order valence-corrected chi connectivity index (χ1v) is 8.70. The molecule has 3 heterocycles. The van der Waals surface area contributed by atoms with Crippen molar-refractivity contribution in [1.29, 1.82) is 0 Å². The molecule has 1 saturated heterocycles. The molecule has 128 valence electrons. The van der Waals surface area contributed by atoms with E-state index < -0.39 is 0 Å². The Hall–Kier alpha value is -2.66. The van der Waals surface area contributed by atoms with Crippen molar-refractivity contribution in [2.24, 2.45) is 0 Å². The van der Waals surface area contributed by atoms with E-state index in [0.717, 1.165) is 36.5 Å². The van der Waals surface area contributed by atoms with Crippen LogP contribution in [0.4, 0.5) is 0 Å². The first-order valence-electron chi connectivity index (χ1n) is 8.70. The molecule has 1 aliphatic heterocycles. The summed E-state index contributed by atoms with van der Waals surface area (Å²) in [5, 5.41) is 3.04. The molecule has 0 bridgehead atoms. The normalized spacial score (nSPS) is 17.4. The van der Waals surface area contributed by atoms with Gasteiger partial charge in [0.05, 0.1) is 18.3 Å². The number of rotatable bonds is 5. The fourth-order valence-electron chi connectivity index (χ4n) is 3.32. The molecule has 1 N–H and O–H groups in total. The van der Waals surface area contributed by atoms with Gasteiger partial charge in [-0.3, -0.25) is 9.69 Å². The number of benzene rings is 1. The first-order chi connectivity index (χ1) is 12.2. The van der Waals surface area contributed by atoms with E-state index in [-0.39, 0.29) is 11.9 Å². The molecule has 1 aliphatic rings. The molecular weight excluding hydrogens is 312 g/mol. The third-order valence-corrected chi connectivity index (χ3v) is 4.85. The average molecular weight is 334 g/mol. The lowest BCUT2D eigenvalue weighted by Gasteiger charge is -2.39. The highest BCUT2D eigenvalue weighted by Gasteiger charge is 2.33. The summed E-state index contributed by atoms with van der Waals surface area (Å²) < 4.78 is 2.05. The first kappa shape index (κ1) is 15.8. The van der Waals surface area contributed by atoms with E-state index in [2.05, 4.69) is 27.3 Å². The molecule has 1 amide bonds. The zero-order chi connectivity index (χ0) is 17.2. The average Bonchev–Trinajstić information content (AvgIpc) is 3.02. The van der Waals surface area contributed by atoms with Crippen molar-refractivity contribution in [3.8, 4) is 0 Å². The second-order valence-corrected chi connectivity index (χ2v) is 6.61. The minimum absolute atomic E-state index is 0.0287. The number of carbonyl (C=O) groups excluding carboxylic acids is 1. The third-order valence-electron chi connectivity index (χ3n) is 4.85. The van der Waals surface area contributed by atoms with E-state index in [0.29, 0.717) is 6.54 Å². The van der Waals surface area contributed by atoms with E-state index in [1.807, 2.05) is 53.9 Å². The van der Waals surface area contributed by atoms with Crippen LogP contribution < -0.4 is 5.32 Å². The summed E-state index contributed by atoms with van der Waals surface area (Å²) in [7, 11) is 0. The number of likely N-dealkylation sites (tertiary alicyclic amines) is 1. The highest BCUT2D eigenvalue weighted by molar-refractivity contribution is 5.82. The Balaban J connectivity index is 1.36. The van der Waals surface area contributed by atoms with Crippen LogP contribution in [0.2, 0.25) is 0 Å². The van der Waals surface area contributed by atoms with Crippen molar-refractivity contribution in [2.75, 3.05) is 6.54 Å². The lowest BCUT2D eigenvalue weighted by molar-refractivity contribution is -0.131. The Kier molecular flexibility index (Phi) is 4.24. The van der Waals surface area contributed by atoms with E-state index in [1.54, 1.807) is 0 Å². The van der Waals surface area contributed by atoms with Crippen molar-refractivity contribution >= 4 is 11.6 Å². The Morgan fingerprint density at radius 1 is 1.20 bits per heavy atom. The van der Waals surface area contributed by atoms with Gasteiger partial charge in [-0.2, -0.15) is 0 Å². The van der Waals surface area contributed by atoms with Gasteiger partial charge in [0.25, 0.3) is 0 Å². The van der Waals surface area contributed by atoms with E-state index >= 15 is 0 Å². The zero-order valence-corrected chi connectivity index (χ0v) is 14.4. The Labute approximate surface area is 147 Å². The van der Waals surface area contributed by atoms with Gasteiger partial charge in [0.15, 0.2) is 0 Å². The molecule has 3 aromatic rings. The minimum atomic E-state index is -0.0287. The van der Waals surface area contributed by atoms with E-state index in [9.17, 15) is 4.79 Å². The van der Waals surface area contributed by atoms with Gasteiger partial charge in [0.2, 0.25) is 5.91 Å². The maximum absolute atomic E-state index is 12.5. The van der Waals surface area contributed by atoms with Crippen molar-refractivity contribution in [1.82, 2.24) is 19.6 Å². The molecule has 5 nitrogen and oxygen atoms in total. The van der Waals surface area contributed by atoms with Crippen molar-refractivity contribution in [3.05, 3.63) is 71.7 Å². The number of hydrogen-bond acceptors (Lipinski definition) is 3. The summed E-state index contributed by atoms with van der Waals surface area (Å²) in [6, 6.07) is 16.3. The number of hydrogen-bond donors (Lipinski definition) is 1. The van der Waals surface area contributed by atoms with Crippen LogP contribution >= 0.6 is 0 Å². The smallest absolute Gasteiger partial charge is 0.237 e. The van der Waals surface area contributed by atoms with Gasteiger partial charge in [0.1, 0.15) is 5.65 Å². The molecule has 0 saturated carbocycles. The van der Waals surface area contributed by atoms with Crippen molar-refractivity contribution in [3.63, 3.8) is 0 Å². The van der Waals surface area contributed by atoms with Gasteiger partial charge in [0, 0.05) is 25.0 Å². The van der Waals surface area contributed by atoms with E-state index in [1.165, 1.54) is 5.56 Å². The highest BCUT2D eigenvalue weighted by Crippen LogP contribution is 2.20. The maximum atomic E-state index is 12.5. The maximum Gasteiger partial charge on any atom is 0.237 e. The Bertz CT molecular complexity index is 887. The summed E-state index contributed by atoms with van der Waals surface area (Å²) in [4.78, 5) is 19.3. The van der Waals surface area contributed by atoms with Crippen molar-refractivity contribution < 1.29 is 4.79 Å². The van der Waals surface area contributed by atoms with Gasteiger partial charge in [-0.25, -0.2) is 4.98 Å². The number of aryl methyl sites for hydroxylation is 1. The number of imidazole rings is 1. The number of nitrogens with one attached hydrogen (secondary N) is 1. The lowest BCUT2D eigenvalue weighted by atomic mass is 10.0. The van der Waals surface area contributed by atoms with Gasteiger partial charge in [-0.15, -0.1) is 0 Å². The second kappa shape index (κ2) is 6.69. The van der Waals surface area contributed by atoms with Crippen LogP contribution in [0.15, 0.2) is 54.7 Å². The standard InChI is InChI=1S/C20H22N4O/c1-15-6-5-9-19-22-17(14-24(15)19)12-21-20(25)18-10-11-23(18)13-16-7-3-2-4-8-16/h2-9,14,18H,10-13H2,1H3,(H,21,25)/t18-/m0/s1. The monoisotopic (exact) mass is 334 g/mol. The summed E-state index contributed by atoms with van der Waals surface area (Å²) in [6.45, 7) is 4.31. The number of nitrogens with zero attached hydrogens (tertiary/aromatic N) is 3. The molecule has 0 spiro atoms. The van der Waals surface area contributed by atoms with E-state index in [4.69, 9.17) is 0 Å². The molecule has 1 fully saturated rings. The fraction of sp³-hybridized carbons (Fsp3) is 0.300. The van der Waals surface area contributed by atoms with Gasteiger partial charge >= 0.3 is 0 Å². The highest BCUT2D eigenvalue weighted by atomic mass is 16.2. The molecule has 1 aromatic carbocycles. The second-order valence-electron chi connectivity index (χ2n) is 6.61. The van der Waals surface area contributed by atoms with Gasteiger partial charge < -0.3 is 9.72 Å². The Morgan fingerprint density at radius 2 is 2.04 bits per heavy atom. The molecule has 2 aromatic heterocycles. The third kappa shape index (κ3) is 3.28. The van der Waals surface area contributed by atoms with Crippen LogP contribution in [0.25, 0.3) is 5.65 Å². The number of carbonyl (C=O) groups is 1. The number of aromatic nitrogens is 2. The van der Waals surface area contributed by atoms with Crippen molar-refractivity contribution in [2.45, 2.75) is 32.5 Å². The van der Waals surface area contributed by atoms with Crippen LogP contribution in [0.3, 0.4) is 0 Å². The minimum Gasteiger partial charge on any atom is -0.349 e. The molecule has 0 radical (unpaired) electrons. The van der Waals surface area contributed by atoms with Crippen LogP contribution in [-0.2, 0) is 17.9 Å². The molecule has 25 heavy (non-hydrogen) atoms. The molecule has 0 aliphatic carbocycles. The predicted molar refractivity (Wildman–Crippen MR) is 97.0 cm³/mol. The largest absolute Gasteiger partial charge is 0.349 e.